The van der Waals surface area contributed by atoms with E-state index in [0.717, 1.165) is 10.4 Å². The number of nitrogens with one attached hydrogen (secondary N) is 2. The Morgan fingerprint density at radius 3 is 2.65 bits per heavy atom. The smallest absolute Gasteiger partial charge is 0.273 e. The minimum absolute atomic E-state index is 0.0670. The molecule has 0 unspecified atom stereocenters. The summed E-state index contributed by atoms with van der Waals surface area (Å²) in [6.07, 6.45) is 0. The van der Waals surface area contributed by atoms with Crippen LogP contribution in [0.3, 0.4) is 0 Å². The van der Waals surface area contributed by atoms with Crippen LogP contribution >= 0.6 is 11.3 Å². The van der Waals surface area contributed by atoms with Crippen LogP contribution in [0.4, 0.5) is 0 Å². The SMILES string of the molecule is Cc1ccc(S(=O)(=O)NCCNC(=O)c2cc(-c3cccs3)on2)cc1. The van der Waals surface area contributed by atoms with Crippen molar-refractivity contribution in [3.05, 3.63) is 59.1 Å². The van der Waals surface area contributed by atoms with Crippen LogP contribution in [0.1, 0.15) is 16.1 Å². The normalized spacial score (nSPS) is 11.4. The first-order chi connectivity index (χ1) is 12.5. The number of rotatable bonds is 7. The summed E-state index contributed by atoms with van der Waals surface area (Å²) in [4.78, 5) is 13.1. The molecule has 136 valence electrons. The Bertz CT molecular complexity index is 977. The van der Waals surface area contributed by atoms with Crippen LogP contribution in [0.15, 0.2) is 57.3 Å². The van der Waals surface area contributed by atoms with Crippen molar-refractivity contribution < 1.29 is 17.7 Å². The number of sulfonamides is 1. The summed E-state index contributed by atoms with van der Waals surface area (Å²) in [7, 11) is -3.60. The highest BCUT2D eigenvalue weighted by Crippen LogP contribution is 2.24. The van der Waals surface area contributed by atoms with Gasteiger partial charge in [-0.25, -0.2) is 13.1 Å². The van der Waals surface area contributed by atoms with Gasteiger partial charge in [0.25, 0.3) is 5.91 Å². The number of carbonyl (C=O) groups excluding carboxylic acids is 1. The molecule has 0 aliphatic carbocycles. The molecule has 7 nitrogen and oxygen atoms in total. The van der Waals surface area contributed by atoms with Crippen LogP contribution in [0, 0.1) is 6.92 Å². The van der Waals surface area contributed by atoms with E-state index >= 15 is 0 Å². The number of thiophene rings is 1. The van der Waals surface area contributed by atoms with E-state index in [1.54, 1.807) is 18.2 Å². The van der Waals surface area contributed by atoms with Crippen LogP contribution in [0.25, 0.3) is 10.6 Å². The molecule has 0 atom stereocenters. The zero-order valence-corrected chi connectivity index (χ0v) is 15.6. The van der Waals surface area contributed by atoms with Crippen molar-refractivity contribution in [1.29, 1.82) is 0 Å². The van der Waals surface area contributed by atoms with Crippen molar-refractivity contribution in [3.8, 4) is 10.6 Å². The van der Waals surface area contributed by atoms with Crippen LogP contribution in [0.5, 0.6) is 0 Å². The molecule has 0 saturated heterocycles. The van der Waals surface area contributed by atoms with Gasteiger partial charge in [-0.15, -0.1) is 11.3 Å². The molecular formula is C17H17N3O4S2. The molecule has 0 spiro atoms. The lowest BCUT2D eigenvalue weighted by Gasteiger charge is -2.07. The summed E-state index contributed by atoms with van der Waals surface area (Å²) in [6, 6.07) is 11.8. The van der Waals surface area contributed by atoms with Crippen LogP contribution in [0.2, 0.25) is 0 Å². The first kappa shape index (κ1) is 18.3. The minimum Gasteiger partial charge on any atom is -0.355 e. The van der Waals surface area contributed by atoms with Gasteiger partial charge in [-0.3, -0.25) is 4.79 Å². The van der Waals surface area contributed by atoms with E-state index in [9.17, 15) is 13.2 Å². The van der Waals surface area contributed by atoms with Gasteiger partial charge in [0.05, 0.1) is 9.77 Å². The molecule has 0 saturated carbocycles. The lowest BCUT2D eigenvalue weighted by molar-refractivity contribution is 0.0945. The first-order valence-electron chi connectivity index (χ1n) is 7.81. The largest absolute Gasteiger partial charge is 0.355 e. The van der Waals surface area contributed by atoms with Gasteiger partial charge in [0.2, 0.25) is 10.0 Å². The zero-order chi connectivity index (χ0) is 18.6. The van der Waals surface area contributed by atoms with Crippen molar-refractivity contribution in [3.63, 3.8) is 0 Å². The number of aryl methyl sites for hydroxylation is 1. The summed E-state index contributed by atoms with van der Waals surface area (Å²) in [5.41, 5.74) is 1.13. The van der Waals surface area contributed by atoms with E-state index in [0.29, 0.717) is 5.76 Å². The maximum absolute atomic E-state index is 12.1. The van der Waals surface area contributed by atoms with E-state index < -0.39 is 15.9 Å². The van der Waals surface area contributed by atoms with Gasteiger partial charge in [-0.1, -0.05) is 28.9 Å². The topological polar surface area (TPSA) is 101 Å². The Hall–Kier alpha value is -2.49. The van der Waals surface area contributed by atoms with Crippen LogP contribution in [-0.2, 0) is 10.0 Å². The van der Waals surface area contributed by atoms with E-state index in [-0.39, 0.29) is 23.7 Å². The summed E-state index contributed by atoms with van der Waals surface area (Å²) in [5, 5.41) is 8.24. The molecule has 2 N–H and O–H groups in total. The highest BCUT2D eigenvalue weighted by Gasteiger charge is 2.15. The van der Waals surface area contributed by atoms with Gasteiger partial charge < -0.3 is 9.84 Å². The average Bonchev–Trinajstić information content (AvgIpc) is 3.30. The highest BCUT2D eigenvalue weighted by atomic mass is 32.2. The maximum atomic E-state index is 12.1. The van der Waals surface area contributed by atoms with E-state index in [2.05, 4.69) is 15.2 Å². The fraction of sp³-hybridized carbons (Fsp3) is 0.176. The number of nitrogens with zero attached hydrogens (tertiary/aromatic N) is 1. The van der Waals surface area contributed by atoms with Crippen molar-refractivity contribution in [1.82, 2.24) is 15.2 Å². The molecule has 2 heterocycles. The van der Waals surface area contributed by atoms with E-state index in [1.807, 2.05) is 24.4 Å². The maximum Gasteiger partial charge on any atom is 0.273 e. The predicted molar refractivity (Wildman–Crippen MR) is 98.5 cm³/mol. The van der Waals surface area contributed by atoms with Gasteiger partial charge >= 0.3 is 0 Å². The quantitative estimate of drug-likeness (QED) is 0.602. The summed E-state index contributed by atoms with van der Waals surface area (Å²) < 4.78 is 31.9. The molecule has 2 aromatic heterocycles. The predicted octanol–water partition coefficient (Wildman–Crippen LogP) is 2.42. The number of benzene rings is 1. The first-order valence-corrected chi connectivity index (χ1v) is 10.2. The molecular weight excluding hydrogens is 374 g/mol. The molecule has 0 aliphatic rings. The zero-order valence-electron chi connectivity index (χ0n) is 13.9. The van der Waals surface area contributed by atoms with Gasteiger partial charge in [-0.05, 0) is 30.5 Å². The van der Waals surface area contributed by atoms with Gasteiger partial charge in [0, 0.05) is 19.2 Å². The third-order valence-corrected chi connectivity index (χ3v) is 5.90. The number of hydrogen-bond donors (Lipinski definition) is 2. The molecule has 26 heavy (non-hydrogen) atoms. The monoisotopic (exact) mass is 391 g/mol. The molecule has 3 rings (SSSR count). The molecule has 0 fully saturated rings. The van der Waals surface area contributed by atoms with E-state index in [1.165, 1.54) is 23.5 Å². The Morgan fingerprint density at radius 1 is 1.19 bits per heavy atom. The molecule has 3 aromatic rings. The van der Waals surface area contributed by atoms with Crippen molar-refractivity contribution in [2.24, 2.45) is 0 Å². The second kappa shape index (κ2) is 7.81. The van der Waals surface area contributed by atoms with Crippen LogP contribution < -0.4 is 10.0 Å². The minimum atomic E-state index is -3.60. The number of carbonyl (C=O) groups is 1. The van der Waals surface area contributed by atoms with E-state index in [4.69, 9.17) is 4.52 Å². The molecule has 0 radical (unpaired) electrons. The van der Waals surface area contributed by atoms with Gasteiger partial charge in [0.15, 0.2) is 11.5 Å². The molecule has 0 bridgehead atoms. The lowest BCUT2D eigenvalue weighted by Crippen LogP contribution is -2.34. The van der Waals surface area contributed by atoms with Crippen molar-refractivity contribution >= 4 is 27.3 Å². The highest BCUT2D eigenvalue weighted by molar-refractivity contribution is 7.89. The molecule has 1 aromatic carbocycles. The Labute approximate surface area is 155 Å². The third kappa shape index (κ3) is 4.37. The second-order valence-corrected chi connectivity index (χ2v) is 8.24. The Balaban J connectivity index is 1.50. The standard InChI is InChI=1S/C17H17N3O4S2/c1-12-4-6-13(7-5-12)26(22,23)19-9-8-18-17(21)14-11-15(24-20-14)16-3-2-10-25-16/h2-7,10-11,19H,8-9H2,1H3,(H,18,21). The number of amides is 1. The van der Waals surface area contributed by atoms with Gasteiger partial charge in [0.1, 0.15) is 0 Å². The second-order valence-electron chi connectivity index (χ2n) is 5.52. The van der Waals surface area contributed by atoms with Crippen molar-refractivity contribution in [2.45, 2.75) is 11.8 Å². The number of hydrogen-bond acceptors (Lipinski definition) is 6. The Kier molecular flexibility index (Phi) is 5.50. The number of aromatic nitrogens is 1. The third-order valence-electron chi connectivity index (χ3n) is 3.54. The lowest BCUT2D eigenvalue weighted by atomic mass is 10.2. The Morgan fingerprint density at radius 2 is 1.96 bits per heavy atom. The van der Waals surface area contributed by atoms with Gasteiger partial charge in [-0.2, -0.15) is 0 Å². The summed E-state index contributed by atoms with van der Waals surface area (Å²) in [6.45, 7) is 2.08. The van der Waals surface area contributed by atoms with Crippen molar-refractivity contribution in [2.75, 3.05) is 13.1 Å². The molecule has 1 amide bonds. The fourth-order valence-electron chi connectivity index (χ4n) is 2.17. The van der Waals surface area contributed by atoms with Crippen LogP contribution in [-0.4, -0.2) is 32.6 Å². The fourth-order valence-corrected chi connectivity index (χ4v) is 3.87. The summed E-state index contributed by atoms with van der Waals surface area (Å²) >= 11 is 1.48. The average molecular weight is 391 g/mol. The molecule has 0 aliphatic heterocycles. The molecule has 9 heteroatoms. The summed E-state index contributed by atoms with van der Waals surface area (Å²) in [5.74, 6) is 0.0938.